The predicted molar refractivity (Wildman–Crippen MR) is 87.0 cm³/mol. The topological polar surface area (TPSA) is 67.0 Å². The third-order valence-corrected chi connectivity index (χ3v) is 3.06. The van der Waals surface area contributed by atoms with Crippen LogP contribution in [0.4, 0.5) is 0 Å². The first-order chi connectivity index (χ1) is 10.6. The van der Waals surface area contributed by atoms with Crippen molar-refractivity contribution in [2.24, 2.45) is 0 Å². The van der Waals surface area contributed by atoms with Crippen LogP contribution in [0.5, 0.6) is 0 Å². The average Bonchev–Trinajstić information content (AvgIpc) is 2.96. The van der Waals surface area contributed by atoms with E-state index in [9.17, 15) is 4.79 Å². The van der Waals surface area contributed by atoms with Crippen molar-refractivity contribution in [3.05, 3.63) is 53.2 Å². The Balaban J connectivity index is 1.88. The highest BCUT2D eigenvalue weighted by atomic mass is 35.5. The number of hydrogen-bond acceptors (Lipinski definition) is 3. The van der Waals surface area contributed by atoms with Gasteiger partial charge < -0.3 is 10.1 Å². The molecule has 0 atom stereocenters. The number of benzene rings is 1. The Hall–Kier alpha value is -2.11. The van der Waals surface area contributed by atoms with Gasteiger partial charge in [-0.2, -0.15) is 5.10 Å². The molecule has 2 rings (SSSR count). The summed E-state index contributed by atoms with van der Waals surface area (Å²) in [6, 6.07) is 9.00. The number of nitrogens with one attached hydrogen (secondary N) is 2. The zero-order valence-electron chi connectivity index (χ0n) is 12.4. The molecule has 5 nitrogen and oxygen atoms in total. The molecule has 116 valence electrons. The number of aromatic amines is 1. The highest BCUT2D eigenvalue weighted by Crippen LogP contribution is 2.21. The first-order valence-electron chi connectivity index (χ1n) is 6.88. The molecule has 0 aliphatic carbocycles. The molecule has 0 aliphatic rings. The number of amides is 1. The third kappa shape index (κ3) is 4.72. The molecule has 0 bridgehead atoms. The second-order valence-corrected chi connectivity index (χ2v) is 5.38. The largest absolute Gasteiger partial charge is 0.375 e. The van der Waals surface area contributed by atoms with Crippen LogP contribution < -0.4 is 5.32 Å². The normalized spacial score (nSPS) is 10.5. The molecule has 1 aromatic heterocycles. The van der Waals surface area contributed by atoms with Gasteiger partial charge in [0.05, 0.1) is 18.9 Å². The summed E-state index contributed by atoms with van der Waals surface area (Å²) in [6.07, 6.45) is 0. The van der Waals surface area contributed by atoms with E-state index in [1.165, 1.54) is 0 Å². The number of H-pyrrole nitrogens is 1. The number of halogens is 1. The SMILES string of the molecule is C=C(C)COCCNC(=O)c1cc(-c2cccc(Cl)c2)n[nH]1. The van der Waals surface area contributed by atoms with Gasteiger partial charge in [0.15, 0.2) is 0 Å². The van der Waals surface area contributed by atoms with Gasteiger partial charge in [-0.15, -0.1) is 0 Å². The zero-order valence-corrected chi connectivity index (χ0v) is 13.1. The number of carbonyl (C=O) groups excluding carboxylic acids is 1. The van der Waals surface area contributed by atoms with E-state index in [4.69, 9.17) is 16.3 Å². The molecular formula is C16H18ClN3O2. The lowest BCUT2D eigenvalue weighted by atomic mass is 10.1. The maximum Gasteiger partial charge on any atom is 0.269 e. The highest BCUT2D eigenvalue weighted by molar-refractivity contribution is 6.30. The van der Waals surface area contributed by atoms with Crippen LogP contribution in [0.15, 0.2) is 42.5 Å². The maximum atomic E-state index is 12.0. The minimum atomic E-state index is -0.222. The molecule has 0 radical (unpaired) electrons. The first-order valence-corrected chi connectivity index (χ1v) is 7.26. The fraction of sp³-hybridized carbons (Fsp3) is 0.250. The standard InChI is InChI=1S/C16H18ClN3O2/c1-11(2)10-22-7-6-18-16(21)15-9-14(19-20-15)12-4-3-5-13(17)8-12/h3-5,8-9H,1,6-7,10H2,2H3,(H,18,21)(H,19,20). The van der Waals surface area contributed by atoms with Crippen LogP contribution in [0.3, 0.4) is 0 Å². The van der Waals surface area contributed by atoms with E-state index in [1.54, 1.807) is 18.2 Å². The van der Waals surface area contributed by atoms with Crippen LogP contribution in [-0.2, 0) is 4.74 Å². The number of nitrogens with zero attached hydrogens (tertiary/aromatic N) is 1. The molecule has 2 aromatic rings. The molecule has 1 amide bonds. The van der Waals surface area contributed by atoms with E-state index < -0.39 is 0 Å². The van der Waals surface area contributed by atoms with Crippen molar-refractivity contribution >= 4 is 17.5 Å². The van der Waals surface area contributed by atoms with E-state index in [0.29, 0.717) is 36.2 Å². The van der Waals surface area contributed by atoms with E-state index in [-0.39, 0.29) is 5.91 Å². The minimum Gasteiger partial charge on any atom is -0.375 e. The number of aromatic nitrogens is 2. The highest BCUT2D eigenvalue weighted by Gasteiger charge is 2.10. The van der Waals surface area contributed by atoms with Crippen LogP contribution in [-0.4, -0.2) is 35.9 Å². The van der Waals surface area contributed by atoms with E-state index in [1.807, 2.05) is 19.1 Å². The second kappa shape index (κ2) is 7.77. The lowest BCUT2D eigenvalue weighted by molar-refractivity contribution is 0.0922. The van der Waals surface area contributed by atoms with Crippen molar-refractivity contribution in [2.45, 2.75) is 6.92 Å². The molecule has 0 saturated carbocycles. The summed E-state index contributed by atoms with van der Waals surface area (Å²) in [4.78, 5) is 12.0. The Morgan fingerprint density at radius 2 is 2.27 bits per heavy atom. The van der Waals surface area contributed by atoms with Crippen molar-refractivity contribution in [1.29, 1.82) is 0 Å². The molecule has 1 aromatic carbocycles. The molecular weight excluding hydrogens is 302 g/mol. The summed E-state index contributed by atoms with van der Waals surface area (Å²) in [5.41, 5.74) is 2.87. The maximum absolute atomic E-state index is 12.0. The Bertz CT molecular complexity index is 667. The summed E-state index contributed by atoms with van der Waals surface area (Å²) in [5, 5.41) is 10.2. The smallest absolute Gasteiger partial charge is 0.269 e. The molecule has 6 heteroatoms. The summed E-state index contributed by atoms with van der Waals surface area (Å²) in [7, 11) is 0. The molecule has 22 heavy (non-hydrogen) atoms. The van der Waals surface area contributed by atoms with Crippen LogP contribution in [0.1, 0.15) is 17.4 Å². The van der Waals surface area contributed by atoms with Gasteiger partial charge in [0.25, 0.3) is 5.91 Å². The Morgan fingerprint density at radius 3 is 3.00 bits per heavy atom. The van der Waals surface area contributed by atoms with Gasteiger partial charge >= 0.3 is 0 Å². The van der Waals surface area contributed by atoms with E-state index in [0.717, 1.165) is 11.1 Å². The quantitative estimate of drug-likeness (QED) is 0.609. The van der Waals surface area contributed by atoms with Crippen molar-refractivity contribution in [3.8, 4) is 11.3 Å². The van der Waals surface area contributed by atoms with Gasteiger partial charge in [0.2, 0.25) is 0 Å². The van der Waals surface area contributed by atoms with Crippen LogP contribution in [0, 0.1) is 0 Å². The number of ether oxygens (including phenoxy) is 1. The summed E-state index contributed by atoms with van der Waals surface area (Å²) < 4.78 is 5.31. The molecule has 1 heterocycles. The van der Waals surface area contributed by atoms with Gasteiger partial charge in [0, 0.05) is 17.1 Å². The number of hydrogen-bond donors (Lipinski definition) is 2. The van der Waals surface area contributed by atoms with Crippen molar-refractivity contribution in [2.75, 3.05) is 19.8 Å². The second-order valence-electron chi connectivity index (χ2n) is 4.94. The molecule has 0 spiro atoms. The van der Waals surface area contributed by atoms with Crippen LogP contribution >= 0.6 is 11.6 Å². The predicted octanol–water partition coefficient (Wildman–Crippen LogP) is 3.05. The van der Waals surface area contributed by atoms with Gasteiger partial charge in [-0.1, -0.05) is 35.9 Å². The Kier molecular flexibility index (Phi) is 5.75. The fourth-order valence-corrected chi connectivity index (χ4v) is 2.00. The molecule has 0 unspecified atom stereocenters. The minimum absolute atomic E-state index is 0.222. The summed E-state index contributed by atoms with van der Waals surface area (Å²) in [6.45, 7) is 6.99. The van der Waals surface area contributed by atoms with Crippen molar-refractivity contribution in [3.63, 3.8) is 0 Å². The Morgan fingerprint density at radius 1 is 1.45 bits per heavy atom. The van der Waals surface area contributed by atoms with Gasteiger partial charge in [0.1, 0.15) is 5.69 Å². The van der Waals surface area contributed by atoms with Gasteiger partial charge in [-0.25, -0.2) is 0 Å². The number of rotatable bonds is 7. The molecule has 0 saturated heterocycles. The summed E-state index contributed by atoms with van der Waals surface area (Å²) >= 11 is 5.95. The number of carbonyl (C=O) groups is 1. The lowest BCUT2D eigenvalue weighted by Crippen LogP contribution is -2.27. The average molecular weight is 320 g/mol. The molecule has 0 fully saturated rings. The fourth-order valence-electron chi connectivity index (χ4n) is 1.81. The van der Waals surface area contributed by atoms with Gasteiger partial charge in [-0.05, 0) is 25.1 Å². The first kappa shape index (κ1) is 16.3. The zero-order chi connectivity index (χ0) is 15.9. The van der Waals surface area contributed by atoms with Crippen LogP contribution in [0.2, 0.25) is 5.02 Å². The van der Waals surface area contributed by atoms with E-state index >= 15 is 0 Å². The van der Waals surface area contributed by atoms with E-state index in [2.05, 4.69) is 22.1 Å². The van der Waals surface area contributed by atoms with Crippen LogP contribution in [0.25, 0.3) is 11.3 Å². The monoisotopic (exact) mass is 319 g/mol. The molecule has 2 N–H and O–H groups in total. The molecule has 0 aliphatic heterocycles. The van der Waals surface area contributed by atoms with Crippen molar-refractivity contribution < 1.29 is 9.53 Å². The lowest BCUT2D eigenvalue weighted by Gasteiger charge is -2.04. The third-order valence-electron chi connectivity index (χ3n) is 2.82. The Labute approximate surface area is 134 Å². The summed E-state index contributed by atoms with van der Waals surface area (Å²) in [5.74, 6) is -0.222. The van der Waals surface area contributed by atoms with Gasteiger partial charge in [-0.3, -0.25) is 9.89 Å². The van der Waals surface area contributed by atoms with Crippen molar-refractivity contribution in [1.82, 2.24) is 15.5 Å².